The van der Waals surface area contributed by atoms with Crippen LogP contribution in [0.1, 0.15) is 210 Å². The molecule has 143 heavy (non-hydrogen) atoms. The highest BCUT2D eigenvalue weighted by molar-refractivity contribution is 7.09. The standard InChI is InChI=1S/C10H9NO2.C10H15N.C9H10N2.2C9H9NO.2C6H8N2.C5H8N2.2C5H7NO.C5H7NS.3C4H7N3.2C4H6N2O.C3H6N4/c1-6-3-4-8-7(5-6)9(12)10(13)11(8)2;1-7-3-4-10-9(5-7)6-8(2)11-10;1-6-3-4-8-9(5-6)11-7(2)10-8;1-6-3-4-9-8(5-6)10-7(2)11-9;1-6-3-4-8-7(2)10-11-9(8)5-6;1-5-3-7-6(2)8-4-5;1-5-3-4-7-6(2)8-5;1-4-3-6-7-5(4)2;1-4-3-7-5(2)6-4;1-4-3-6-7-5(4)2;1-4-3-7-5(2)6-4;1-4-5-3-7(2)6-4;1-4-3-5-7(2)6-4;1-3-5-4(2)7-6-3;1-3-5-6-4(2)7-3;1-3-5-4(2)7-6-3;1-3-4-6-7(2)5-3/h3-5H,1-2H3;7H,3-6H2,1-2H3;3-5H,1-2H3,(H,10,11);2*3-5H,1-2H3;2*3-4H,1-2H3;3H,1-2H3,(H,6,7);5*3H,1-2H3;1-2H3,(H,5,6,7);3*1-2H3/t;7-;;;;;;;;;;;;;;;/m.0.............../s1. The molecule has 41 heteroatoms. The Kier molecular flexibility index (Phi) is 47.6. The van der Waals surface area contributed by atoms with Gasteiger partial charge in [-0.15, -0.1) is 31.7 Å². The summed E-state index contributed by atoms with van der Waals surface area (Å²) in [4.78, 5) is 78.8. The Morgan fingerprint density at radius 1 is 0.476 bits per heavy atom. The number of nitrogens with zero attached hydrogens (tertiary/aromatic N) is 29. The van der Waals surface area contributed by atoms with Gasteiger partial charge < -0.3 is 36.7 Å². The topological polar surface area (TPSA) is 500 Å². The Morgan fingerprint density at radius 2 is 1.15 bits per heavy atom. The molecule has 15 aromatic heterocycles. The van der Waals surface area contributed by atoms with Crippen molar-refractivity contribution in [2.75, 3.05) is 11.9 Å². The lowest BCUT2D eigenvalue weighted by Crippen LogP contribution is -2.24. The van der Waals surface area contributed by atoms with E-state index in [1.165, 1.54) is 73.8 Å². The second-order valence-electron chi connectivity index (χ2n) is 33.7. The van der Waals surface area contributed by atoms with Crippen LogP contribution in [0.25, 0.3) is 33.1 Å². The number of Topliss-reactive ketones (excluding diaryl/α,β-unsaturated/α-hetero) is 1. The summed E-state index contributed by atoms with van der Waals surface area (Å²) in [5, 5.41) is 58.2. The minimum Gasteiger partial charge on any atom is -0.449 e. The average molecular weight is 1970 g/mol. The molecule has 0 saturated heterocycles. The number of hydrogen-bond acceptors (Lipinski definition) is 34. The zero-order valence-electron chi connectivity index (χ0n) is 88.8. The van der Waals surface area contributed by atoms with Gasteiger partial charge >= 0.3 is 0 Å². The number of fused-ring (bicyclic) bond motifs is 4. The van der Waals surface area contributed by atoms with Crippen LogP contribution in [0.4, 0.5) is 5.69 Å². The van der Waals surface area contributed by atoms with Gasteiger partial charge in [0.1, 0.15) is 58.8 Å². The Balaban J connectivity index is 0.000000234. The predicted molar refractivity (Wildman–Crippen MR) is 552 cm³/mol. The molecule has 0 radical (unpaired) electrons. The number of ketones is 1. The number of tetrazole rings is 1. The van der Waals surface area contributed by atoms with Crippen LogP contribution < -0.4 is 4.90 Å². The molecule has 2 aliphatic heterocycles. The third-order valence-corrected chi connectivity index (χ3v) is 20.4. The number of aromatic amines is 3. The van der Waals surface area contributed by atoms with Gasteiger partial charge in [-0.05, 0) is 285 Å². The van der Waals surface area contributed by atoms with Gasteiger partial charge in [0.05, 0.1) is 70.0 Å². The minimum absolute atomic E-state index is 0.402. The van der Waals surface area contributed by atoms with Crippen molar-refractivity contribution in [2.24, 2.45) is 32.1 Å². The lowest BCUT2D eigenvalue weighted by Gasteiger charge is -2.18. The quantitative estimate of drug-likeness (QED) is 0.119. The van der Waals surface area contributed by atoms with Crippen LogP contribution in [0.15, 0.2) is 177 Å². The van der Waals surface area contributed by atoms with Gasteiger partial charge in [0, 0.05) is 126 Å². The van der Waals surface area contributed by atoms with Crippen LogP contribution in [0.5, 0.6) is 0 Å². The van der Waals surface area contributed by atoms with Crippen molar-refractivity contribution in [1.82, 2.24) is 151 Å². The molecule has 0 fully saturated rings. The normalized spacial score (nSPS) is 11.8. The number of thiazole rings is 1. The summed E-state index contributed by atoms with van der Waals surface area (Å²) in [6, 6.07) is 25.6. The number of H-pyrrole nitrogens is 3. The molecule has 0 bridgehead atoms. The summed E-state index contributed by atoms with van der Waals surface area (Å²) in [5.41, 5.74) is 24.7. The molecule has 40 nitrogen and oxygen atoms in total. The molecule has 1 amide bonds. The third kappa shape index (κ3) is 44.0. The molecule has 19 aromatic rings. The summed E-state index contributed by atoms with van der Waals surface area (Å²) < 4.78 is 31.1. The Hall–Kier alpha value is -16.0. The number of allylic oxidation sites excluding steroid dienone is 2. The number of nitrogens with one attached hydrogen (secondary N) is 3. The fourth-order valence-corrected chi connectivity index (χ4v) is 13.0. The van der Waals surface area contributed by atoms with Crippen LogP contribution in [0, 0.1) is 200 Å². The van der Waals surface area contributed by atoms with Crippen LogP contribution in [0.2, 0.25) is 0 Å². The number of aryl methyl sites for hydroxylation is 31. The van der Waals surface area contributed by atoms with Crippen LogP contribution in [-0.4, -0.2) is 175 Å². The highest BCUT2D eigenvalue weighted by Crippen LogP contribution is 2.36. The van der Waals surface area contributed by atoms with Crippen molar-refractivity contribution >= 4 is 67.5 Å². The lowest BCUT2D eigenvalue weighted by atomic mass is 9.88. The van der Waals surface area contributed by atoms with Crippen molar-refractivity contribution in [1.29, 1.82) is 0 Å². The first kappa shape index (κ1) is 116. The first-order valence-corrected chi connectivity index (χ1v) is 46.7. The largest absolute Gasteiger partial charge is 0.449 e. The number of anilines is 1. The van der Waals surface area contributed by atoms with Gasteiger partial charge in [-0.3, -0.25) is 29.5 Å². The summed E-state index contributed by atoms with van der Waals surface area (Å²) in [6.07, 6.45) is 19.0. The van der Waals surface area contributed by atoms with Gasteiger partial charge in [-0.25, -0.2) is 49.8 Å². The first-order valence-electron chi connectivity index (χ1n) is 45.8. The van der Waals surface area contributed by atoms with Gasteiger partial charge in [0.2, 0.25) is 17.7 Å². The van der Waals surface area contributed by atoms with Crippen molar-refractivity contribution in [3.63, 3.8) is 0 Å². The molecule has 22 rings (SSSR count). The average Bonchev–Trinajstić information content (AvgIpc) is 1.64. The molecule has 3 aliphatic rings. The highest BCUT2D eigenvalue weighted by atomic mass is 32.1. The summed E-state index contributed by atoms with van der Waals surface area (Å²) in [5.74, 6) is 10.8. The van der Waals surface area contributed by atoms with Crippen LogP contribution in [-0.2, 0) is 25.9 Å². The first-order chi connectivity index (χ1) is 67.6. The highest BCUT2D eigenvalue weighted by Gasteiger charge is 2.33. The maximum Gasteiger partial charge on any atom is 0.299 e. The molecule has 0 unspecified atom stereocenters. The molecule has 758 valence electrons. The molecular formula is C102H136N32O8S. The molecule has 17 heterocycles. The molecule has 1 atom stereocenters. The monoisotopic (exact) mass is 1970 g/mol. The van der Waals surface area contributed by atoms with E-state index in [0.717, 1.165) is 147 Å². The number of aromatic nitrogens is 30. The van der Waals surface area contributed by atoms with E-state index < -0.39 is 11.7 Å². The molecule has 3 N–H and O–H groups in total. The number of amides is 1. The van der Waals surface area contributed by atoms with Crippen molar-refractivity contribution in [2.45, 2.75) is 233 Å². The number of carbonyl (C=O) groups is 2. The Morgan fingerprint density at radius 3 is 1.58 bits per heavy atom. The second-order valence-corrected chi connectivity index (χ2v) is 34.8. The van der Waals surface area contributed by atoms with E-state index in [2.05, 4.69) is 190 Å². The minimum atomic E-state index is -0.444. The number of aliphatic imine (C=N–C) groups is 1. The number of likely N-dealkylation sites (N-methyl/N-ethyl adjacent to an activating group) is 1. The lowest BCUT2D eigenvalue weighted by molar-refractivity contribution is -0.114. The van der Waals surface area contributed by atoms with Crippen LogP contribution in [0.3, 0.4) is 0 Å². The summed E-state index contributed by atoms with van der Waals surface area (Å²) >= 11 is 1.69. The SMILES string of the molecule is CC1=NC2=C(C1)C[C@@H](C)CC2.Cc1ccc2c(C)noc2c1.Cc1ccc2c(c1)C(=O)C(=O)N2C.Cc1ccc2nc(C)[nH]c2c1.Cc1ccc2oc(C)nc2c1.Cc1ccnc(C)n1.Cc1cn[nH]c1C.Cc1cnc(C)nc1.Cc1cnn(C)n1.Cc1cnoc1C.Cc1coc(C)n1.Cc1csc(C)n1.Cc1n[nH]c(C)n1.Cc1ncn(C)n1.Cc1nnc(C)o1.Cc1nnn(C)n1.Cc1noc(C)n1. The smallest absolute Gasteiger partial charge is 0.299 e. The molecule has 4 aromatic carbocycles. The van der Waals surface area contributed by atoms with E-state index in [9.17, 15) is 9.59 Å². The molecule has 0 saturated carbocycles. The fraction of sp³-hybridized carbons (Fsp3) is 0.382. The van der Waals surface area contributed by atoms with Crippen molar-refractivity contribution < 1.29 is 36.4 Å². The van der Waals surface area contributed by atoms with Crippen molar-refractivity contribution in [3.8, 4) is 0 Å². The number of oxazole rings is 2. The molecular weight excluding hydrogens is 1830 g/mol. The van der Waals surface area contributed by atoms with E-state index in [0.29, 0.717) is 40.6 Å². The number of rotatable bonds is 0. The van der Waals surface area contributed by atoms with Gasteiger partial charge in [0.25, 0.3) is 11.7 Å². The number of hydrogen-bond donors (Lipinski definition) is 3. The number of imidazole rings is 1. The third-order valence-electron chi connectivity index (χ3n) is 19.5. The summed E-state index contributed by atoms with van der Waals surface area (Å²) in [7, 11) is 6.99. The molecule has 1 aliphatic carbocycles. The number of carbonyl (C=O) groups excluding carboxylic acids is 2. The van der Waals surface area contributed by atoms with E-state index in [1.54, 1.807) is 121 Å². The summed E-state index contributed by atoms with van der Waals surface area (Å²) in [6.45, 7) is 58.0. The molecule has 0 spiro atoms. The Bertz CT molecular complexity index is 6310. The number of benzene rings is 4. The maximum atomic E-state index is 11.4. The van der Waals surface area contributed by atoms with E-state index in [4.69, 9.17) is 22.3 Å². The Labute approximate surface area is 838 Å². The predicted octanol–water partition coefficient (Wildman–Crippen LogP) is 20.3. The second kappa shape index (κ2) is 58.8. The van der Waals surface area contributed by atoms with Crippen LogP contribution >= 0.6 is 11.3 Å². The van der Waals surface area contributed by atoms with Crippen molar-refractivity contribution in [3.05, 3.63) is 311 Å². The van der Waals surface area contributed by atoms with E-state index in [1.807, 2.05) is 226 Å². The maximum absolute atomic E-state index is 11.4. The fourth-order valence-electron chi connectivity index (χ4n) is 12.4. The van der Waals surface area contributed by atoms with E-state index >= 15 is 0 Å². The van der Waals surface area contributed by atoms with E-state index in [-0.39, 0.29) is 0 Å². The zero-order valence-corrected chi connectivity index (χ0v) is 89.6. The van der Waals surface area contributed by atoms with Gasteiger partial charge in [0.15, 0.2) is 34.6 Å². The van der Waals surface area contributed by atoms with Gasteiger partial charge in [-0.2, -0.15) is 40.1 Å². The van der Waals surface area contributed by atoms with Gasteiger partial charge in [-0.1, -0.05) is 52.2 Å². The zero-order chi connectivity index (χ0) is 106.